The highest BCUT2D eigenvalue weighted by Crippen LogP contribution is 2.38. The van der Waals surface area contributed by atoms with Gasteiger partial charge in [-0.1, -0.05) is 17.7 Å². The molecule has 2 aromatic rings. The van der Waals surface area contributed by atoms with Crippen LogP contribution in [0.2, 0.25) is 5.02 Å². The van der Waals surface area contributed by atoms with E-state index in [2.05, 4.69) is 0 Å². The lowest BCUT2D eigenvalue weighted by molar-refractivity contribution is -0.136. The molecular weight excluding hydrogens is 479 g/mol. The Morgan fingerprint density at radius 1 is 1.03 bits per heavy atom. The molecule has 34 heavy (non-hydrogen) atoms. The molecule has 1 amide bonds. The summed E-state index contributed by atoms with van der Waals surface area (Å²) in [6, 6.07) is 12.0. The Hall–Kier alpha value is -2.16. The number of likely N-dealkylation sites (tertiary alicyclic amines) is 1. The third-order valence-corrected chi connectivity index (χ3v) is 8.75. The number of piperidine rings is 2. The van der Waals surface area contributed by atoms with E-state index in [1.165, 1.54) is 22.5 Å². The summed E-state index contributed by atoms with van der Waals surface area (Å²) in [5, 5.41) is 0.590. The van der Waals surface area contributed by atoms with E-state index in [4.69, 9.17) is 16.3 Å². The van der Waals surface area contributed by atoms with E-state index in [1.54, 1.807) is 24.3 Å². The Morgan fingerprint density at radius 3 is 2.47 bits per heavy atom. The number of nitrogens with zero attached hydrogens (tertiary/aromatic N) is 2. The molecule has 2 saturated heterocycles. The summed E-state index contributed by atoms with van der Waals surface area (Å²) in [5.41, 5.74) is -0.688. The zero-order chi connectivity index (χ0) is 24.2. The van der Waals surface area contributed by atoms with Gasteiger partial charge in [0.25, 0.3) is 0 Å². The molecule has 2 aliphatic heterocycles. The molecule has 0 saturated carbocycles. The van der Waals surface area contributed by atoms with Gasteiger partial charge in [0.15, 0.2) is 0 Å². The third kappa shape index (κ3) is 5.90. The standard InChI is InChI=1S/C25H30ClFN2O4S/c26-20-8-10-22(11-9-20)33-19-25(17-24(30)28-13-2-1-3-14-28)12-5-15-29(18-25)34(31,32)23-7-4-6-21(27)16-23/h4,6-11,16H,1-3,5,12-15,17-19H2/t25-/m0/s1. The zero-order valence-corrected chi connectivity index (χ0v) is 20.7. The predicted molar refractivity (Wildman–Crippen MR) is 129 cm³/mol. The van der Waals surface area contributed by atoms with Crippen molar-refractivity contribution in [2.75, 3.05) is 32.8 Å². The van der Waals surface area contributed by atoms with Gasteiger partial charge in [0.05, 0.1) is 11.5 Å². The van der Waals surface area contributed by atoms with Crippen LogP contribution in [-0.2, 0) is 14.8 Å². The number of carbonyl (C=O) groups is 1. The van der Waals surface area contributed by atoms with Gasteiger partial charge in [0.1, 0.15) is 11.6 Å². The van der Waals surface area contributed by atoms with Crippen molar-refractivity contribution in [3.63, 3.8) is 0 Å². The fraction of sp³-hybridized carbons (Fsp3) is 0.480. The second-order valence-electron chi connectivity index (χ2n) is 9.26. The molecule has 6 nitrogen and oxygen atoms in total. The van der Waals surface area contributed by atoms with Crippen molar-refractivity contribution in [1.29, 1.82) is 0 Å². The smallest absolute Gasteiger partial charge is 0.243 e. The maximum Gasteiger partial charge on any atom is 0.243 e. The molecule has 184 valence electrons. The van der Waals surface area contributed by atoms with E-state index >= 15 is 0 Å². The lowest BCUT2D eigenvalue weighted by atomic mass is 9.78. The summed E-state index contributed by atoms with van der Waals surface area (Å²) in [7, 11) is -3.91. The first-order valence-corrected chi connectivity index (χ1v) is 13.5. The number of hydrogen-bond acceptors (Lipinski definition) is 4. The van der Waals surface area contributed by atoms with Gasteiger partial charge in [-0.2, -0.15) is 4.31 Å². The van der Waals surface area contributed by atoms with Crippen molar-refractivity contribution in [3.8, 4) is 5.75 Å². The van der Waals surface area contributed by atoms with Crippen molar-refractivity contribution in [3.05, 3.63) is 59.4 Å². The van der Waals surface area contributed by atoms with E-state index in [0.717, 1.165) is 38.4 Å². The Morgan fingerprint density at radius 2 is 1.76 bits per heavy atom. The summed E-state index contributed by atoms with van der Waals surface area (Å²) >= 11 is 5.98. The number of rotatable bonds is 7. The van der Waals surface area contributed by atoms with Crippen LogP contribution in [-0.4, -0.2) is 56.3 Å². The monoisotopic (exact) mass is 508 g/mol. The lowest BCUT2D eigenvalue weighted by Gasteiger charge is -2.42. The second-order valence-corrected chi connectivity index (χ2v) is 11.6. The SMILES string of the molecule is O=C(C[C@@]1(COc2ccc(Cl)cc2)CCCN(S(=O)(=O)c2cccc(F)c2)C1)N1CCCCC1. The van der Waals surface area contributed by atoms with Crippen molar-refractivity contribution in [2.45, 2.75) is 43.4 Å². The molecule has 2 aliphatic rings. The van der Waals surface area contributed by atoms with Gasteiger partial charge < -0.3 is 9.64 Å². The Labute approximate surface area is 205 Å². The second kappa shape index (κ2) is 10.6. The van der Waals surface area contributed by atoms with Crippen LogP contribution in [0.5, 0.6) is 5.75 Å². The van der Waals surface area contributed by atoms with Crippen LogP contribution in [0.4, 0.5) is 4.39 Å². The molecule has 2 heterocycles. The van der Waals surface area contributed by atoms with Gasteiger partial charge in [-0.3, -0.25) is 4.79 Å². The Kier molecular flexibility index (Phi) is 7.80. The van der Waals surface area contributed by atoms with Crippen molar-refractivity contribution < 1.29 is 22.3 Å². The largest absolute Gasteiger partial charge is 0.493 e. The van der Waals surface area contributed by atoms with Crippen LogP contribution in [0.15, 0.2) is 53.4 Å². The minimum absolute atomic E-state index is 0.0319. The summed E-state index contributed by atoms with van der Waals surface area (Å²) in [5.74, 6) is 0.0411. The van der Waals surface area contributed by atoms with Gasteiger partial charge in [-0.05, 0) is 74.6 Å². The molecule has 2 fully saturated rings. The van der Waals surface area contributed by atoms with E-state index in [-0.39, 0.29) is 30.4 Å². The summed E-state index contributed by atoms with van der Waals surface area (Å²) in [6.45, 7) is 2.12. The van der Waals surface area contributed by atoms with Crippen molar-refractivity contribution >= 4 is 27.5 Å². The normalized spacial score (nSPS) is 21.9. The number of halogens is 2. The number of carbonyl (C=O) groups excluding carboxylic acids is 1. The number of amides is 1. The van der Waals surface area contributed by atoms with Crippen LogP contribution >= 0.6 is 11.6 Å². The number of ether oxygens (including phenoxy) is 1. The quantitative estimate of drug-likeness (QED) is 0.542. The first-order chi connectivity index (χ1) is 16.3. The molecule has 0 aliphatic carbocycles. The Bertz CT molecular complexity index is 1110. The van der Waals surface area contributed by atoms with E-state index in [1.807, 2.05) is 4.90 Å². The van der Waals surface area contributed by atoms with Crippen LogP contribution < -0.4 is 4.74 Å². The molecule has 1 atom stereocenters. The highest BCUT2D eigenvalue weighted by Gasteiger charge is 2.43. The average molecular weight is 509 g/mol. The minimum Gasteiger partial charge on any atom is -0.493 e. The molecule has 9 heteroatoms. The van der Waals surface area contributed by atoms with E-state index < -0.39 is 21.3 Å². The molecule has 0 aromatic heterocycles. The summed E-state index contributed by atoms with van der Waals surface area (Å²) < 4.78 is 47.9. The van der Waals surface area contributed by atoms with Crippen molar-refractivity contribution in [1.82, 2.24) is 9.21 Å². The number of benzene rings is 2. The number of hydrogen-bond donors (Lipinski definition) is 0. The molecule has 0 bridgehead atoms. The van der Waals surface area contributed by atoms with Gasteiger partial charge >= 0.3 is 0 Å². The highest BCUT2D eigenvalue weighted by molar-refractivity contribution is 7.89. The zero-order valence-electron chi connectivity index (χ0n) is 19.1. The van der Waals surface area contributed by atoms with Crippen LogP contribution in [0.1, 0.15) is 38.5 Å². The lowest BCUT2D eigenvalue weighted by Crippen LogP contribution is -2.51. The average Bonchev–Trinajstić information content (AvgIpc) is 2.84. The first-order valence-electron chi connectivity index (χ1n) is 11.7. The van der Waals surface area contributed by atoms with E-state index in [9.17, 15) is 17.6 Å². The first kappa shape index (κ1) is 24.9. The summed E-state index contributed by atoms with van der Waals surface area (Å²) in [4.78, 5) is 15.0. The third-order valence-electron chi connectivity index (χ3n) is 6.65. The molecule has 0 unspecified atom stereocenters. The van der Waals surface area contributed by atoms with Gasteiger partial charge in [0, 0.05) is 43.0 Å². The number of sulfonamides is 1. The molecule has 4 rings (SSSR count). The minimum atomic E-state index is -3.91. The van der Waals surface area contributed by atoms with Crippen molar-refractivity contribution in [2.24, 2.45) is 5.41 Å². The summed E-state index contributed by atoms with van der Waals surface area (Å²) in [6.07, 6.45) is 4.55. The maximum absolute atomic E-state index is 13.8. The molecule has 0 N–H and O–H groups in total. The molecular formula is C25H30ClFN2O4S. The Balaban J connectivity index is 1.58. The van der Waals surface area contributed by atoms with Gasteiger partial charge in [-0.15, -0.1) is 0 Å². The molecule has 2 aromatic carbocycles. The fourth-order valence-corrected chi connectivity index (χ4v) is 6.55. The van der Waals surface area contributed by atoms with Gasteiger partial charge in [0.2, 0.25) is 15.9 Å². The molecule has 0 radical (unpaired) electrons. The fourth-order valence-electron chi connectivity index (χ4n) is 4.80. The maximum atomic E-state index is 13.8. The van der Waals surface area contributed by atoms with Gasteiger partial charge in [-0.25, -0.2) is 12.8 Å². The van der Waals surface area contributed by atoms with E-state index in [0.29, 0.717) is 30.2 Å². The highest BCUT2D eigenvalue weighted by atomic mass is 35.5. The predicted octanol–water partition coefficient (Wildman–Crippen LogP) is 4.73. The molecule has 0 spiro atoms. The topological polar surface area (TPSA) is 66.9 Å². The van der Waals surface area contributed by atoms with Crippen LogP contribution in [0.25, 0.3) is 0 Å². The van der Waals surface area contributed by atoms with Crippen LogP contribution in [0.3, 0.4) is 0 Å². The van der Waals surface area contributed by atoms with Crippen LogP contribution in [0, 0.1) is 11.2 Å².